The molecule has 1 amide bonds. The van der Waals surface area contributed by atoms with Gasteiger partial charge in [0.1, 0.15) is 11.5 Å². The fraction of sp³-hybridized carbons (Fsp3) is 0.533. The van der Waals surface area contributed by atoms with Crippen LogP contribution in [-0.2, 0) is 4.79 Å². The third-order valence-corrected chi connectivity index (χ3v) is 3.68. The molecule has 0 radical (unpaired) electrons. The number of halogens is 1. The van der Waals surface area contributed by atoms with Crippen LogP contribution in [0.3, 0.4) is 0 Å². The summed E-state index contributed by atoms with van der Waals surface area (Å²) in [5.41, 5.74) is 0.662. The largest absolute Gasteiger partial charge is 0.497 e. The first-order valence-electron chi connectivity index (χ1n) is 6.98. The minimum atomic E-state index is -0.0167. The Labute approximate surface area is 131 Å². The summed E-state index contributed by atoms with van der Waals surface area (Å²) in [7, 11) is 1.60. The predicted molar refractivity (Wildman–Crippen MR) is 85.6 cm³/mol. The maximum Gasteiger partial charge on any atom is 0.227 e. The average molecular weight is 315 g/mol. The molecule has 1 aromatic carbocycles. The monoisotopic (exact) mass is 314 g/mol. The van der Waals surface area contributed by atoms with Gasteiger partial charge in [-0.25, -0.2) is 0 Å². The SMILES string of the molecule is CCOc1ccc(OC)cc1NC(=O)C(C)C1CNC1.Cl. The van der Waals surface area contributed by atoms with Crippen LogP contribution >= 0.6 is 12.4 Å². The third kappa shape index (κ3) is 4.25. The van der Waals surface area contributed by atoms with Crippen LogP contribution in [0.1, 0.15) is 13.8 Å². The van der Waals surface area contributed by atoms with Crippen molar-refractivity contribution in [3.05, 3.63) is 18.2 Å². The molecule has 0 saturated carbocycles. The first-order valence-corrected chi connectivity index (χ1v) is 6.98. The fourth-order valence-corrected chi connectivity index (χ4v) is 2.14. The van der Waals surface area contributed by atoms with Gasteiger partial charge in [0.05, 0.1) is 19.4 Å². The van der Waals surface area contributed by atoms with Gasteiger partial charge in [0.25, 0.3) is 0 Å². The van der Waals surface area contributed by atoms with E-state index in [1.54, 1.807) is 13.2 Å². The number of ether oxygens (including phenoxy) is 2. The van der Waals surface area contributed by atoms with Crippen molar-refractivity contribution in [1.82, 2.24) is 5.32 Å². The molecule has 6 heteroatoms. The van der Waals surface area contributed by atoms with E-state index in [1.165, 1.54) is 0 Å². The number of anilines is 1. The van der Waals surface area contributed by atoms with Gasteiger partial charge in [-0.1, -0.05) is 6.92 Å². The number of rotatable bonds is 6. The van der Waals surface area contributed by atoms with Crippen molar-refractivity contribution in [2.45, 2.75) is 13.8 Å². The van der Waals surface area contributed by atoms with Crippen LogP contribution in [0.15, 0.2) is 18.2 Å². The zero-order valence-corrected chi connectivity index (χ0v) is 13.5. The molecule has 2 N–H and O–H groups in total. The molecule has 1 fully saturated rings. The Hall–Kier alpha value is -1.46. The second kappa shape index (κ2) is 8.10. The van der Waals surface area contributed by atoms with Crippen molar-refractivity contribution in [3.8, 4) is 11.5 Å². The summed E-state index contributed by atoms with van der Waals surface area (Å²) in [6.07, 6.45) is 0. The summed E-state index contributed by atoms with van der Waals surface area (Å²) >= 11 is 0. The summed E-state index contributed by atoms with van der Waals surface area (Å²) in [5, 5.41) is 6.13. The molecule has 1 aliphatic heterocycles. The van der Waals surface area contributed by atoms with E-state index >= 15 is 0 Å². The molecule has 1 unspecified atom stereocenters. The Balaban J connectivity index is 0.00000220. The molecule has 0 spiro atoms. The van der Waals surface area contributed by atoms with Gasteiger partial charge in [-0.15, -0.1) is 12.4 Å². The van der Waals surface area contributed by atoms with Gasteiger partial charge in [0.2, 0.25) is 5.91 Å². The van der Waals surface area contributed by atoms with Gasteiger partial charge in [-0.2, -0.15) is 0 Å². The quantitative estimate of drug-likeness (QED) is 0.846. The number of amides is 1. The van der Waals surface area contributed by atoms with Gasteiger partial charge < -0.3 is 20.1 Å². The Morgan fingerprint density at radius 1 is 1.48 bits per heavy atom. The highest BCUT2D eigenvalue weighted by atomic mass is 35.5. The standard InChI is InChI=1S/C15H22N2O3.ClH/c1-4-20-14-6-5-12(19-3)7-13(14)17-15(18)10(2)11-8-16-9-11;/h5-7,10-11,16H,4,8-9H2,1-3H3,(H,17,18);1H. The molecule has 0 aromatic heterocycles. The minimum absolute atomic E-state index is 0. The van der Waals surface area contributed by atoms with Crippen LogP contribution in [0.25, 0.3) is 0 Å². The summed E-state index contributed by atoms with van der Waals surface area (Å²) in [5.74, 6) is 1.78. The van der Waals surface area contributed by atoms with Crippen LogP contribution in [0.4, 0.5) is 5.69 Å². The molecule has 1 aliphatic rings. The molecule has 1 heterocycles. The Morgan fingerprint density at radius 3 is 2.71 bits per heavy atom. The maximum atomic E-state index is 12.3. The Kier molecular flexibility index (Phi) is 6.78. The normalized spacial score (nSPS) is 15.4. The second-order valence-corrected chi connectivity index (χ2v) is 4.99. The molecule has 5 nitrogen and oxygen atoms in total. The topological polar surface area (TPSA) is 59.6 Å². The zero-order chi connectivity index (χ0) is 14.5. The number of methoxy groups -OCH3 is 1. The lowest BCUT2D eigenvalue weighted by molar-refractivity contribution is -0.121. The van der Waals surface area contributed by atoms with E-state index in [0.29, 0.717) is 29.7 Å². The van der Waals surface area contributed by atoms with Crippen molar-refractivity contribution in [2.24, 2.45) is 11.8 Å². The molecule has 1 saturated heterocycles. The maximum absolute atomic E-state index is 12.3. The first-order chi connectivity index (χ1) is 9.65. The number of carbonyl (C=O) groups is 1. The van der Waals surface area contributed by atoms with Crippen LogP contribution in [-0.4, -0.2) is 32.7 Å². The lowest BCUT2D eigenvalue weighted by atomic mass is 9.88. The molecule has 118 valence electrons. The van der Waals surface area contributed by atoms with Crippen LogP contribution in [0.5, 0.6) is 11.5 Å². The molecule has 0 bridgehead atoms. The minimum Gasteiger partial charge on any atom is -0.497 e. The van der Waals surface area contributed by atoms with Crippen LogP contribution in [0, 0.1) is 11.8 Å². The van der Waals surface area contributed by atoms with Crippen molar-refractivity contribution < 1.29 is 14.3 Å². The number of nitrogens with one attached hydrogen (secondary N) is 2. The van der Waals surface area contributed by atoms with E-state index in [4.69, 9.17) is 9.47 Å². The van der Waals surface area contributed by atoms with Crippen LogP contribution in [0.2, 0.25) is 0 Å². The van der Waals surface area contributed by atoms with E-state index < -0.39 is 0 Å². The molecule has 2 rings (SSSR count). The smallest absolute Gasteiger partial charge is 0.227 e. The number of carbonyl (C=O) groups excluding carboxylic acids is 1. The molecular formula is C15H23ClN2O3. The van der Waals surface area contributed by atoms with E-state index in [-0.39, 0.29) is 24.2 Å². The van der Waals surface area contributed by atoms with Crippen molar-refractivity contribution in [3.63, 3.8) is 0 Å². The van der Waals surface area contributed by atoms with E-state index in [1.807, 2.05) is 26.0 Å². The molecular weight excluding hydrogens is 292 g/mol. The lowest BCUT2D eigenvalue weighted by Crippen LogP contribution is -2.48. The number of hydrogen-bond acceptors (Lipinski definition) is 4. The molecule has 21 heavy (non-hydrogen) atoms. The first kappa shape index (κ1) is 17.6. The summed E-state index contributed by atoms with van der Waals surface area (Å²) < 4.78 is 10.7. The van der Waals surface area contributed by atoms with Gasteiger partial charge in [0, 0.05) is 12.0 Å². The van der Waals surface area contributed by atoms with E-state index in [2.05, 4.69) is 10.6 Å². The van der Waals surface area contributed by atoms with Gasteiger partial charge in [-0.3, -0.25) is 4.79 Å². The fourth-order valence-electron chi connectivity index (χ4n) is 2.14. The van der Waals surface area contributed by atoms with Crippen molar-refractivity contribution >= 4 is 24.0 Å². The molecule has 0 aliphatic carbocycles. The molecule has 1 aromatic rings. The average Bonchev–Trinajstić information content (AvgIpc) is 2.38. The van der Waals surface area contributed by atoms with Crippen LogP contribution < -0.4 is 20.1 Å². The lowest BCUT2D eigenvalue weighted by Gasteiger charge is -2.31. The highest BCUT2D eigenvalue weighted by Crippen LogP contribution is 2.30. The number of benzene rings is 1. The van der Waals surface area contributed by atoms with Gasteiger partial charge >= 0.3 is 0 Å². The summed E-state index contributed by atoms with van der Waals surface area (Å²) in [6, 6.07) is 5.42. The van der Waals surface area contributed by atoms with E-state index in [9.17, 15) is 4.79 Å². The van der Waals surface area contributed by atoms with Gasteiger partial charge in [-0.05, 0) is 38.1 Å². The molecule has 1 atom stereocenters. The third-order valence-electron chi connectivity index (χ3n) is 3.68. The highest BCUT2D eigenvalue weighted by molar-refractivity contribution is 5.94. The van der Waals surface area contributed by atoms with E-state index in [0.717, 1.165) is 13.1 Å². The van der Waals surface area contributed by atoms with Gasteiger partial charge in [0.15, 0.2) is 0 Å². The zero-order valence-electron chi connectivity index (χ0n) is 12.6. The summed E-state index contributed by atoms with van der Waals surface area (Å²) in [4.78, 5) is 12.3. The highest BCUT2D eigenvalue weighted by Gasteiger charge is 2.29. The Bertz CT molecular complexity index is 478. The van der Waals surface area contributed by atoms with Crippen molar-refractivity contribution in [1.29, 1.82) is 0 Å². The predicted octanol–water partition coefficient (Wildman–Crippen LogP) is 2.31. The van der Waals surface area contributed by atoms with Crippen molar-refractivity contribution in [2.75, 3.05) is 32.1 Å². The second-order valence-electron chi connectivity index (χ2n) is 4.99. The summed E-state index contributed by atoms with van der Waals surface area (Å²) in [6.45, 7) is 6.24. The number of hydrogen-bond donors (Lipinski definition) is 2. The Morgan fingerprint density at radius 2 is 2.19 bits per heavy atom.